The molecular weight excluding hydrogens is 292 g/mol. The molecule has 1 heterocycles. The fraction of sp³-hybridized carbons (Fsp3) is 0.611. The number of aryl methyl sites for hydroxylation is 1. The van der Waals surface area contributed by atoms with Crippen LogP contribution in [-0.2, 0) is 13.1 Å². The highest BCUT2D eigenvalue weighted by molar-refractivity contribution is 5.21. The highest BCUT2D eigenvalue weighted by Gasteiger charge is 2.11. The second-order valence-corrected chi connectivity index (χ2v) is 6.16. The molecule has 0 bridgehead atoms. The van der Waals surface area contributed by atoms with Gasteiger partial charge in [0.2, 0.25) is 5.43 Å². The molecular formula is C18H28N2O3. The predicted octanol–water partition coefficient (Wildman–Crippen LogP) is 2.26. The number of hydrogen-bond donors (Lipinski definition) is 2. The van der Waals surface area contributed by atoms with Gasteiger partial charge in [0.15, 0.2) is 5.75 Å². The summed E-state index contributed by atoms with van der Waals surface area (Å²) in [6.45, 7) is 4.89. The van der Waals surface area contributed by atoms with E-state index in [-0.39, 0.29) is 17.8 Å². The van der Waals surface area contributed by atoms with E-state index >= 15 is 0 Å². The maximum absolute atomic E-state index is 11.8. The van der Waals surface area contributed by atoms with E-state index in [1.165, 1.54) is 24.5 Å². The van der Waals surface area contributed by atoms with Crippen molar-refractivity contribution in [1.82, 2.24) is 9.47 Å². The fourth-order valence-electron chi connectivity index (χ4n) is 3.06. The molecule has 0 spiro atoms. The van der Waals surface area contributed by atoms with Gasteiger partial charge in [-0.3, -0.25) is 9.69 Å². The molecule has 0 aliphatic heterocycles. The normalized spacial score (nSPS) is 15.0. The van der Waals surface area contributed by atoms with Crippen LogP contribution in [0.4, 0.5) is 0 Å². The number of hydrogen-bond acceptors (Lipinski definition) is 4. The van der Waals surface area contributed by atoms with Crippen LogP contribution < -0.4 is 5.43 Å². The zero-order valence-electron chi connectivity index (χ0n) is 14.0. The van der Waals surface area contributed by atoms with Crippen LogP contribution >= 0.6 is 0 Å². The number of likely N-dealkylation sites (N-methyl/N-ethyl adjacent to an activating group) is 1. The monoisotopic (exact) mass is 320 g/mol. The van der Waals surface area contributed by atoms with Gasteiger partial charge in [-0.1, -0.05) is 18.6 Å². The first kappa shape index (κ1) is 17.8. The van der Waals surface area contributed by atoms with Crippen molar-refractivity contribution in [2.75, 3.05) is 19.7 Å². The Hall–Kier alpha value is -1.59. The summed E-state index contributed by atoms with van der Waals surface area (Å²) in [6, 6.07) is 1.52. The largest absolute Gasteiger partial charge is 0.503 e. The van der Waals surface area contributed by atoms with Crippen LogP contribution in [0.1, 0.15) is 44.7 Å². The number of rotatable bonds is 8. The van der Waals surface area contributed by atoms with E-state index in [1.54, 1.807) is 6.20 Å². The summed E-state index contributed by atoms with van der Waals surface area (Å²) in [4.78, 5) is 13.9. The van der Waals surface area contributed by atoms with Gasteiger partial charge in [0, 0.05) is 31.4 Å². The zero-order chi connectivity index (χ0) is 16.7. The molecule has 128 valence electrons. The molecule has 0 aromatic carbocycles. The van der Waals surface area contributed by atoms with Gasteiger partial charge in [0.05, 0.1) is 12.8 Å². The standard InChI is InChI=1S/C18H28N2O3/c1-2-19(10-11-21)13-16-12-17(22)18(23)14-20(16)9-8-15-6-4-3-5-7-15/h6,12,14,21,23H,2-5,7-11,13H2,1H3. The lowest BCUT2D eigenvalue weighted by molar-refractivity contribution is 0.193. The third-order valence-electron chi connectivity index (χ3n) is 4.51. The highest BCUT2D eigenvalue weighted by atomic mass is 16.3. The highest BCUT2D eigenvalue weighted by Crippen LogP contribution is 2.21. The van der Waals surface area contributed by atoms with Crippen LogP contribution in [0.3, 0.4) is 0 Å². The first-order valence-corrected chi connectivity index (χ1v) is 8.57. The third-order valence-corrected chi connectivity index (χ3v) is 4.51. The number of pyridine rings is 1. The lowest BCUT2D eigenvalue weighted by Gasteiger charge is -2.23. The summed E-state index contributed by atoms with van der Waals surface area (Å²) in [5, 5.41) is 18.9. The Balaban J connectivity index is 2.14. The number of aromatic hydroxyl groups is 1. The Kier molecular flexibility index (Phi) is 6.86. The summed E-state index contributed by atoms with van der Waals surface area (Å²) in [7, 11) is 0. The molecule has 2 rings (SSSR count). The number of nitrogens with zero attached hydrogens (tertiary/aromatic N) is 2. The van der Waals surface area contributed by atoms with Crippen LogP contribution in [0.5, 0.6) is 5.75 Å². The second-order valence-electron chi connectivity index (χ2n) is 6.16. The minimum atomic E-state index is -0.340. The summed E-state index contributed by atoms with van der Waals surface area (Å²) >= 11 is 0. The number of aliphatic hydroxyl groups excluding tert-OH is 1. The summed E-state index contributed by atoms with van der Waals surface area (Å²) < 4.78 is 1.98. The van der Waals surface area contributed by atoms with Gasteiger partial charge in [0.1, 0.15) is 0 Å². The number of aromatic nitrogens is 1. The maximum atomic E-state index is 11.8. The Bertz CT molecular complexity index is 592. The van der Waals surface area contributed by atoms with Crippen molar-refractivity contribution in [3.05, 3.63) is 39.8 Å². The van der Waals surface area contributed by atoms with Gasteiger partial charge in [0.25, 0.3) is 0 Å². The first-order valence-electron chi connectivity index (χ1n) is 8.57. The lowest BCUT2D eigenvalue weighted by Crippen LogP contribution is -2.28. The van der Waals surface area contributed by atoms with E-state index in [0.717, 1.165) is 38.0 Å². The topological polar surface area (TPSA) is 65.7 Å². The summed E-state index contributed by atoms with van der Waals surface area (Å²) in [5.74, 6) is -0.198. The Morgan fingerprint density at radius 2 is 2.17 bits per heavy atom. The van der Waals surface area contributed by atoms with Crippen LogP contribution in [0, 0.1) is 0 Å². The molecule has 1 aliphatic rings. The van der Waals surface area contributed by atoms with Gasteiger partial charge >= 0.3 is 0 Å². The average Bonchev–Trinajstić information content (AvgIpc) is 2.57. The molecule has 0 unspecified atom stereocenters. The SMILES string of the molecule is CCN(CCO)Cc1cc(=O)c(O)cn1CCC1=CCCCC1. The van der Waals surface area contributed by atoms with E-state index in [1.807, 2.05) is 11.5 Å². The van der Waals surface area contributed by atoms with E-state index in [9.17, 15) is 9.90 Å². The quantitative estimate of drug-likeness (QED) is 0.721. The molecule has 5 heteroatoms. The molecule has 2 N–H and O–H groups in total. The van der Waals surface area contributed by atoms with Gasteiger partial charge in [-0.25, -0.2) is 0 Å². The molecule has 1 aliphatic carbocycles. The Morgan fingerprint density at radius 3 is 2.83 bits per heavy atom. The van der Waals surface area contributed by atoms with Crippen molar-refractivity contribution in [3.63, 3.8) is 0 Å². The van der Waals surface area contributed by atoms with E-state index in [4.69, 9.17) is 5.11 Å². The second kappa shape index (κ2) is 8.89. The van der Waals surface area contributed by atoms with Crippen LogP contribution in [0.2, 0.25) is 0 Å². The molecule has 0 atom stereocenters. The number of allylic oxidation sites excluding steroid dienone is 2. The van der Waals surface area contributed by atoms with Crippen LogP contribution in [0.25, 0.3) is 0 Å². The van der Waals surface area contributed by atoms with E-state index in [2.05, 4.69) is 11.0 Å². The maximum Gasteiger partial charge on any atom is 0.223 e. The Morgan fingerprint density at radius 1 is 1.35 bits per heavy atom. The summed E-state index contributed by atoms with van der Waals surface area (Å²) in [5.41, 5.74) is 2.02. The molecule has 1 aromatic heterocycles. The molecule has 5 nitrogen and oxygen atoms in total. The van der Waals surface area contributed by atoms with Crippen molar-refractivity contribution in [3.8, 4) is 5.75 Å². The van der Waals surface area contributed by atoms with Crippen molar-refractivity contribution >= 4 is 0 Å². The molecule has 0 saturated carbocycles. The lowest BCUT2D eigenvalue weighted by atomic mass is 9.97. The zero-order valence-corrected chi connectivity index (χ0v) is 14.0. The van der Waals surface area contributed by atoms with Crippen molar-refractivity contribution in [2.24, 2.45) is 0 Å². The van der Waals surface area contributed by atoms with Crippen molar-refractivity contribution < 1.29 is 10.2 Å². The van der Waals surface area contributed by atoms with Crippen molar-refractivity contribution in [1.29, 1.82) is 0 Å². The van der Waals surface area contributed by atoms with E-state index < -0.39 is 0 Å². The predicted molar refractivity (Wildman–Crippen MR) is 91.6 cm³/mol. The molecule has 23 heavy (non-hydrogen) atoms. The molecule has 0 fully saturated rings. The average molecular weight is 320 g/mol. The molecule has 1 aromatic rings. The number of aliphatic hydroxyl groups is 1. The first-order chi connectivity index (χ1) is 11.1. The van der Waals surface area contributed by atoms with E-state index in [0.29, 0.717) is 13.1 Å². The van der Waals surface area contributed by atoms with Crippen molar-refractivity contribution in [2.45, 2.75) is 52.1 Å². The summed E-state index contributed by atoms with van der Waals surface area (Å²) in [6.07, 6.45) is 9.70. The van der Waals surface area contributed by atoms with Crippen LogP contribution in [0.15, 0.2) is 28.7 Å². The van der Waals surface area contributed by atoms with Gasteiger partial charge in [-0.05, 0) is 38.6 Å². The molecule has 0 saturated heterocycles. The molecule has 0 amide bonds. The van der Waals surface area contributed by atoms with Gasteiger partial charge in [-0.2, -0.15) is 0 Å². The van der Waals surface area contributed by atoms with Crippen LogP contribution in [-0.4, -0.2) is 39.4 Å². The fourth-order valence-corrected chi connectivity index (χ4v) is 3.06. The minimum absolute atomic E-state index is 0.100. The smallest absolute Gasteiger partial charge is 0.223 e. The van der Waals surface area contributed by atoms with Gasteiger partial charge in [-0.15, -0.1) is 0 Å². The third kappa shape index (κ3) is 5.22. The molecule has 0 radical (unpaired) electrons. The minimum Gasteiger partial charge on any atom is -0.503 e. The van der Waals surface area contributed by atoms with Gasteiger partial charge < -0.3 is 14.8 Å². The Labute approximate surface area is 137 Å².